The molecule has 2 aromatic carbocycles. The number of aromatic nitrogens is 2. The molecule has 0 amide bonds. The zero-order valence-electron chi connectivity index (χ0n) is 15.7. The Hall–Kier alpha value is -2.54. The molecule has 2 N–H and O–H groups in total. The Morgan fingerprint density at radius 2 is 1.78 bits per heavy atom. The molecule has 6 heteroatoms. The molecule has 1 saturated heterocycles. The Balaban J connectivity index is 1.42. The maximum atomic E-state index is 4.80. The van der Waals surface area contributed by atoms with Crippen LogP contribution in [0.2, 0.25) is 0 Å². The Bertz CT molecular complexity index is 862. The molecular weight excluding hydrogens is 338 g/mol. The molecule has 3 aromatic rings. The summed E-state index contributed by atoms with van der Waals surface area (Å²) in [4.78, 5) is 2.28. The second kappa shape index (κ2) is 8.00. The van der Waals surface area contributed by atoms with Crippen molar-refractivity contribution in [2.24, 2.45) is 5.92 Å². The van der Waals surface area contributed by atoms with E-state index in [2.05, 4.69) is 81.6 Å². The number of rotatable bonds is 6. The van der Waals surface area contributed by atoms with Gasteiger partial charge in [-0.05, 0) is 30.7 Å². The lowest BCUT2D eigenvalue weighted by Crippen LogP contribution is -2.30. The van der Waals surface area contributed by atoms with Crippen LogP contribution < -0.4 is 10.9 Å². The normalized spacial score (nSPS) is 19.7. The largest absolute Gasteiger partial charge is 0.300 e. The van der Waals surface area contributed by atoms with Crippen molar-refractivity contribution in [2.75, 3.05) is 20.1 Å². The Kier molecular flexibility index (Phi) is 5.29. The monoisotopic (exact) mass is 363 g/mol. The van der Waals surface area contributed by atoms with Crippen LogP contribution in [0, 0.1) is 12.8 Å². The predicted octanol–water partition coefficient (Wildman–Crippen LogP) is 2.94. The van der Waals surface area contributed by atoms with E-state index >= 15 is 0 Å². The molecule has 6 nitrogen and oxygen atoms in total. The van der Waals surface area contributed by atoms with Gasteiger partial charge in [-0.15, -0.1) is 0 Å². The van der Waals surface area contributed by atoms with Crippen LogP contribution in [-0.4, -0.2) is 35.4 Å². The van der Waals surface area contributed by atoms with Gasteiger partial charge in [-0.25, -0.2) is 10.1 Å². The highest BCUT2D eigenvalue weighted by Crippen LogP contribution is 2.28. The standard InChI is InChI=1S/C21H25N5O/c1-15-20(25-27-24-15)14-26(2)13-19-12-22-23-21(19)18-10-8-17(9-11-18)16-6-4-3-5-7-16/h3-11,19,21-23H,12-14H2,1-2H3. The molecular formula is C21H25N5O. The third-order valence-electron chi connectivity index (χ3n) is 5.18. The number of benzene rings is 2. The summed E-state index contributed by atoms with van der Waals surface area (Å²) in [5.74, 6) is 0.470. The quantitative estimate of drug-likeness (QED) is 0.702. The van der Waals surface area contributed by atoms with Crippen molar-refractivity contribution in [1.29, 1.82) is 0 Å². The molecule has 1 aliphatic rings. The first-order valence-electron chi connectivity index (χ1n) is 9.31. The van der Waals surface area contributed by atoms with Crippen molar-refractivity contribution in [3.63, 3.8) is 0 Å². The predicted molar refractivity (Wildman–Crippen MR) is 105 cm³/mol. The van der Waals surface area contributed by atoms with Crippen molar-refractivity contribution in [3.05, 3.63) is 71.5 Å². The summed E-state index contributed by atoms with van der Waals surface area (Å²) in [6.45, 7) is 4.56. The SMILES string of the molecule is Cc1nonc1CN(C)CC1CNNC1c1ccc(-c2ccccc2)cc1. The van der Waals surface area contributed by atoms with E-state index in [1.807, 2.05) is 13.0 Å². The lowest BCUT2D eigenvalue weighted by molar-refractivity contribution is 0.249. The number of nitrogens with one attached hydrogen (secondary N) is 2. The average molecular weight is 363 g/mol. The van der Waals surface area contributed by atoms with Crippen molar-refractivity contribution >= 4 is 0 Å². The zero-order valence-corrected chi connectivity index (χ0v) is 15.7. The first-order valence-corrected chi connectivity index (χ1v) is 9.31. The van der Waals surface area contributed by atoms with E-state index in [0.717, 1.165) is 31.0 Å². The van der Waals surface area contributed by atoms with Gasteiger partial charge in [0.25, 0.3) is 0 Å². The fourth-order valence-electron chi connectivity index (χ4n) is 3.69. The third-order valence-corrected chi connectivity index (χ3v) is 5.18. The van der Waals surface area contributed by atoms with Crippen molar-refractivity contribution in [3.8, 4) is 11.1 Å². The van der Waals surface area contributed by atoms with Crippen molar-refractivity contribution in [2.45, 2.75) is 19.5 Å². The molecule has 2 heterocycles. The second-order valence-corrected chi connectivity index (χ2v) is 7.24. The third kappa shape index (κ3) is 4.08. The van der Waals surface area contributed by atoms with Gasteiger partial charge in [0, 0.05) is 25.6 Å². The van der Waals surface area contributed by atoms with Gasteiger partial charge in [0.2, 0.25) is 0 Å². The molecule has 0 spiro atoms. The number of aryl methyl sites for hydroxylation is 1. The van der Waals surface area contributed by atoms with E-state index < -0.39 is 0 Å². The van der Waals surface area contributed by atoms with E-state index in [4.69, 9.17) is 4.63 Å². The highest BCUT2D eigenvalue weighted by Gasteiger charge is 2.29. The highest BCUT2D eigenvalue weighted by atomic mass is 16.6. The lowest BCUT2D eigenvalue weighted by atomic mass is 9.93. The van der Waals surface area contributed by atoms with Crippen LogP contribution in [0.1, 0.15) is 23.0 Å². The van der Waals surface area contributed by atoms with E-state index in [1.165, 1.54) is 16.7 Å². The maximum absolute atomic E-state index is 4.80. The summed E-state index contributed by atoms with van der Waals surface area (Å²) in [5.41, 5.74) is 12.3. The van der Waals surface area contributed by atoms with Crippen LogP contribution in [0.5, 0.6) is 0 Å². The van der Waals surface area contributed by atoms with Gasteiger partial charge in [-0.2, -0.15) is 0 Å². The molecule has 2 atom stereocenters. The summed E-state index contributed by atoms with van der Waals surface area (Å²) in [6.07, 6.45) is 0. The summed E-state index contributed by atoms with van der Waals surface area (Å²) in [7, 11) is 2.11. The zero-order chi connectivity index (χ0) is 18.6. The molecule has 4 rings (SSSR count). The van der Waals surface area contributed by atoms with Gasteiger partial charge in [-0.3, -0.25) is 10.3 Å². The molecule has 27 heavy (non-hydrogen) atoms. The molecule has 1 aliphatic heterocycles. The molecule has 140 valence electrons. The van der Waals surface area contributed by atoms with Gasteiger partial charge >= 0.3 is 0 Å². The van der Waals surface area contributed by atoms with Crippen LogP contribution >= 0.6 is 0 Å². The Labute approximate surface area is 159 Å². The molecule has 0 radical (unpaired) electrons. The van der Waals surface area contributed by atoms with Gasteiger partial charge in [0.05, 0.1) is 6.04 Å². The maximum Gasteiger partial charge on any atom is 0.122 e. The molecule has 1 aromatic heterocycles. The first-order chi connectivity index (χ1) is 13.2. The fourth-order valence-corrected chi connectivity index (χ4v) is 3.69. The minimum absolute atomic E-state index is 0.286. The smallest absolute Gasteiger partial charge is 0.122 e. The molecule has 2 unspecified atom stereocenters. The van der Waals surface area contributed by atoms with Crippen molar-refractivity contribution < 1.29 is 4.63 Å². The lowest BCUT2D eigenvalue weighted by Gasteiger charge is -2.24. The summed E-state index contributed by atoms with van der Waals surface area (Å²) >= 11 is 0. The van der Waals surface area contributed by atoms with E-state index in [0.29, 0.717) is 5.92 Å². The Morgan fingerprint density at radius 3 is 2.48 bits per heavy atom. The topological polar surface area (TPSA) is 66.2 Å². The molecule has 0 bridgehead atoms. The molecule has 1 fully saturated rings. The molecule has 0 aliphatic carbocycles. The van der Waals surface area contributed by atoms with E-state index in [1.54, 1.807) is 0 Å². The van der Waals surface area contributed by atoms with E-state index in [9.17, 15) is 0 Å². The average Bonchev–Trinajstić information content (AvgIpc) is 3.32. The van der Waals surface area contributed by atoms with Crippen LogP contribution in [-0.2, 0) is 6.54 Å². The van der Waals surface area contributed by atoms with Gasteiger partial charge in [0.1, 0.15) is 11.4 Å². The van der Waals surface area contributed by atoms with Crippen LogP contribution in [0.3, 0.4) is 0 Å². The summed E-state index contributed by atoms with van der Waals surface area (Å²) in [5, 5.41) is 7.85. The van der Waals surface area contributed by atoms with Gasteiger partial charge in [0.15, 0.2) is 0 Å². The van der Waals surface area contributed by atoms with Gasteiger partial charge in [-0.1, -0.05) is 64.9 Å². The summed E-state index contributed by atoms with van der Waals surface area (Å²) in [6, 6.07) is 19.6. The van der Waals surface area contributed by atoms with Crippen LogP contribution in [0.25, 0.3) is 11.1 Å². The second-order valence-electron chi connectivity index (χ2n) is 7.24. The number of hydrazine groups is 1. The Morgan fingerprint density at radius 1 is 1.04 bits per heavy atom. The van der Waals surface area contributed by atoms with Crippen LogP contribution in [0.4, 0.5) is 0 Å². The number of hydrogen-bond donors (Lipinski definition) is 2. The summed E-state index contributed by atoms with van der Waals surface area (Å²) < 4.78 is 4.80. The van der Waals surface area contributed by atoms with Crippen molar-refractivity contribution in [1.82, 2.24) is 26.1 Å². The minimum Gasteiger partial charge on any atom is -0.300 e. The highest BCUT2D eigenvalue weighted by molar-refractivity contribution is 5.63. The molecule has 0 saturated carbocycles. The minimum atomic E-state index is 0.286. The van der Waals surface area contributed by atoms with E-state index in [-0.39, 0.29) is 6.04 Å². The van der Waals surface area contributed by atoms with Gasteiger partial charge < -0.3 is 0 Å². The first kappa shape index (κ1) is 17.9. The van der Waals surface area contributed by atoms with Crippen LogP contribution in [0.15, 0.2) is 59.2 Å². The number of hydrogen-bond acceptors (Lipinski definition) is 6. The number of nitrogens with zero attached hydrogens (tertiary/aromatic N) is 3. The fraction of sp³-hybridized carbons (Fsp3) is 0.333.